The van der Waals surface area contributed by atoms with Crippen LogP contribution in [0.25, 0.3) is 5.69 Å². The maximum absolute atomic E-state index is 13.9. The van der Waals surface area contributed by atoms with E-state index in [-0.39, 0.29) is 35.2 Å². The van der Waals surface area contributed by atoms with Crippen molar-refractivity contribution in [3.63, 3.8) is 0 Å². The number of ether oxygens (including phenoxy) is 1. The molecule has 5 rings (SSSR count). The van der Waals surface area contributed by atoms with Crippen LogP contribution < -0.4 is 26.2 Å². The number of nitrogen functional groups attached to an aromatic ring is 1. The Kier molecular flexibility index (Phi) is 7.68. The van der Waals surface area contributed by atoms with Gasteiger partial charge in [0, 0.05) is 23.6 Å². The number of aromatic nitrogens is 3. The van der Waals surface area contributed by atoms with Gasteiger partial charge in [-0.25, -0.2) is 13.8 Å². The minimum Gasteiger partial charge on any atom is -0.772 e. The van der Waals surface area contributed by atoms with E-state index >= 15 is 0 Å². The summed E-state index contributed by atoms with van der Waals surface area (Å²) in [7, 11) is 0. The summed E-state index contributed by atoms with van der Waals surface area (Å²) in [5.74, 6) is -1.48. The average molecular weight is 547 g/mol. The summed E-state index contributed by atoms with van der Waals surface area (Å²) < 4.78 is 57.8. The van der Waals surface area contributed by atoms with Crippen LogP contribution in [-0.2, 0) is 16.8 Å². The number of nitrogens with two attached hydrogens (primary N) is 2. The third kappa shape index (κ3) is 5.69. The molecule has 2 fully saturated rings. The van der Waals surface area contributed by atoms with Crippen LogP contribution in [0.4, 0.5) is 20.3 Å². The fourth-order valence-electron chi connectivity index (χ4n) is 5.17. The minimum atomic E-state index is -2.30. The van der Waals surface area contributed by atoms with Crippen molar-refractivity contribution in [1.82, 2.24) is 14.8 Å². The molecule has 0 radical (unpaired) electrons. The second-order valence-electron chi connectivity index (χ2n) is 9.56. The van der Waals surface area contributed by atoms with Gasteiger partial charge in [-0.3, -0.25) is 9.00 Å². The molecule has 0 spiro atoms. The van der Waals surface area contributed by atoms with Gasteiger partial charge in [0.1, 0.15) is 29.2 Å². The number of nitrogens with zero attached hydrogens (tertiary/aromatic N) is 4. The maximum Gasteiger partial charge on any atom is 0.316 e. The summed E-state index contributed by atoms with van der Waals surface area (Å²) in [6.07, 6.45) is 6.39. The number of piperazine rings is 1. The lowest BCUT2D eigenvalue weighted by molar-refractivity contribution is -0.697. The highest BCUT2D eigenvalue weighted by Gasteiger charge is 2.31. The van der Waals surface area contributed by atoms with E-state index < -0.39 is 28.3 Å². The van der Waals surface area contributed by atoms with Crippen LogP contribution in [0.1, 0.15) is 42.9 Å². The number of quaternary nitrogens is 1. The number of anilines is 2. The standard InChI is InChI=1S/C25H28F2N6O4S/c26-16-7-17(27)9-18(8-16)33-25(34)24(37-19-3-1-2-4-19)22(12-31-33)32-6-5-29-21(13-32)20-10-23(28)30-11-15(20)14-38(35)36/h7-12,19,21,29H,1-6,13-14H2,(H2,28,30)(H,35,36). The molecule has 1 aliphatic heterocycles. The van der Waals surface area contributed by atoms with Crippen molar-refractivity contribution < 1.29 is 27.6 Å². The molecule has 1 aliphatic carbocycles. The predicted molar refractivity (Wildman–Crippen MR) is 136 cm³/mol. The Morgan fingerprint density at radius 1 is 1.16 bits per heavy atom. The Bertz CT molecular complexity index is 1390. The molecule has 2 unspecified atom stereocenters. The molecule has 0 amide bonds. The summed E-state index contributed by atoms with van der Waals surface area (Å²) in [5, 5.41) is 6.32. The quantitative estimate of drug-likeness (QED) is 0.423. The zero-order chi connectivity index (χ0) is 26.8. The fraction of sp³-hybridized carbons (Fsp3) is 0.400. The number of pyridine rings is 1. The molecule has 1 aromatic carbocycles. The smallest absolute Gasteiger partial charge is 0.316 e. The largest absolute Gasteiger partial charge is 0.772 e. The topological polar surface area (TPSA) is 143 Å². The lowest BCUT2D eigenvalue weighted by atomic mass is 10.0. The van der Waals surface area contributed by atoms with Crippen LogP contribution in [0.5, 0.6) is 5.75 Å². The van der Waals surface area contributed by atoms with Crippen molar-refractivity contribution >= 4 is 22.6 Å². The van der Waals surface area contributed by atoms with Crippen molar-refractivity contribution in [1.29, 1.82) is 0 Å². The Labute approximate surface area is 220 Å². The Morgan fingerprint density at radius 2 is 1.89 bits per heavy atom. The van der Waals surface area contributed by atoms with Crippen LogP contribution in [0.15, 0.2) is 41.5 Å². The Balaban J connectivity index is 1.53. The van der Waals surface area contributed by atoms with Crippen LogP contribution in [-0.4, -0.2) is 49.3 Å². The van der Waals surface area contributed by atoms with Gasteiger partial charge in [-0.15, -0.1) is 0 Å². The van der Waals surface area contributed by atoms with E-state index in [4.69, 9.17) is 10.5 Å². The highest BCUT2D eigenvalue weighted by atomic mass is 32.2. The molecule has 202 valence electrons. The monoisotopic (exact) mass is 546 g/mol. The van der Waals surface area contributed by atoms with Gasteiger partial charge in [0.25, 0.3) is 0 Å². The first-order chi connectivity index (χ1) is 18.3. The third-order valence-electron chi connectivity index (χ3n) is 6.92. The van der Waals surface area contributed by atoms with Gasteiger partial charge in [-0.1, -0.05) is 11.1 Å². The highest BCUT2D eigenvalue weighted by molar-refractivity contribution is 7.78. The molecule has 4 N–H and O–H groups in total. The maximum atomic E-state index is 13.9. The molecule has 13 heteroatoms. The summed E-state index contributed by atoms with van der Waals surface area (Å²) in [5.41, 5.74) is 7.05. The molecule has 2 atom stereocenters. The first-order valence-electron chi connectivity index (χ1n) is 12.4. The molecule has 2 aromatic heterocycles. The second-order valence-corrected chi connectivity index (χ2v) is 10.5. The number of benzene rings is 1. The van der Waals surface area contributed by atoms with Gasteiger partial charge >= 0.3 is 5.56 Å². The van der Waals surface area contributed by atoms with E-state index in [1.165, 1.54) is 12.4 Å². The molecular formula is C25H28F2N6O4S. The van der Waals surface area contributed by atoms with E-state index in [1.807, 2.05) is 4.90 Å². The number of halogens is 2. The zero-order valence-electron chi connectivity index (χ0n) is 20.5. The summed E-state index contributed by atoms with van der Waals surface area (Å²) in [6, 6.07) is 4.30. The molecule has 3 aromatic rings. The van der Waals surface area contributed by atoms with E-state index in [0.29, 0.717) is 30.9 Å². The second kappa shape index (κ2) is 11.1. The van der Waals surface area contributed by atoms with E-state index in [1.54, 1.807) is 6.07 Å². The van der Waals surface area contributed by atoms with Crippen molar-refractivity contribution in [2.45, 2.75) is 43.6 Å². The predicted octanol–water partition coefficient (Wildman–Crippen LogP) is 1.31. The lowest BCUT2D eigenvalue weighted by Crippen LogP contribution is -2.90. The van der Waals surface area contributed by atoms with E-state index in [2.05, 4.69) is 15.4 Å². The number of rotatable bonds is 7. The lowest BCUT2D eigenvalue weighted by Gasteiger charge is -2.34. The number of hydrogen-bond acceptors (Lipinski definition) is 8. The summed E-state index contributed by atoms with van der Waals surface area (Å²) in [4.78, 5) is 19.6. The first kappa shape index (κ1) is 26.2. The van der Waals surface area contributed by atoms with Crippen molar-refractivity contribution in [3.05, 3.63) is 69.8 Å². The van der Waals surface area contributed by atoms with Gasteiger partial charge in [-0.2, -0.15) is 9.78 Å². The summed E-state index contributed by atoms with van der Waals surface area (Å²) in [6.45, 7) is 1.64. The normalized spacial score (nSPS) is 19.0. The van der Waals surface area contributed by atoms with Crippen molar-refractivity contribution in [3.8, 4) is 11.4 Å². The molecule has 10 nitrogen and oxygen atoms in total. The van der Waals surface area contributed by atoms with Crippen LogP contribution in [0, 0.1) is 11.6 Å². The molecule has 1 saturated heterocycles. The summed E-state index contributed by atoms with van der Waals surface area (Å²) >= 11 is -2.30. The molecule has 38 heavy (non-hydrogen) atoms. The van der Waals surface area contributed by atoms with E-state index in [0.717, 1.165) is 54.1 Å². The van der Waals surface area contributed by atoms with Crippen molar-refractivity contribution in [2.24, 2.45) is 0 Å². The first-order valence-corrected chi connectivity index (χ1v) is 13.7. The van der Waals surface area contributed by atoms with Crippen LogP contribution in [0.2, 0.25) is 0 Å². The Morgan fingerprint density at radius 3 is 2.61 bits per heavy atom. The minimum absolute atomic E-state index is 0.0392. The molecule has 0 bridgehead atoms. The van der Waals surface area contributed by atoms with Crippen LogP contribution in [0.3, 0.4) is 0 Å². The van der Waals surface area contributed by atoms with Gasteiger partial charge in [0.15, 0.2) is 0 Å². The van der Waals surface area contributed by atoms with Crippen LogP contribution >= 0.6 is 0 Å². The molecule has 1 saturated carbocycles. The van der Waals surface area contributed by atoms with E-state index in [9.17, 15) is 22.3 Å². The van der Waals surface area contributed by atoms with Gasteiger partial charge in [-0.05, 0) is 49.4 Å². The molecular weight excluding hydrogens is 518 g/mol. The molecule has 2 aliphatic rings. The van der Waals surface area contributed by atoms with Crippen molar-refractivity contribution in [2.75, 3.05) is 30.3 Å². The Hall–Kier alpha value is -3.42. The zero-order valence-corrected chi connectivity index (χ0v) is 21.3. The van der Waals surface area contributed by atoms with Gasteiger partial charge in [0.2, 0.25) is 5.75 Å². The highest BCUT2D eigenvalue weighted by Crippen LogP contribution is 2.31. The fourth-order valence-corrected chi connectivity index (χ4v) is 5.67. The SMILES string of the molecule is Nc1cc(C2CN(c3cnn(-c4cc(F)cc(F)c4)c(=O)c3OC3CCCC3)CC[NH2+]2)c(CS(=O)[O-])cn1. The average Bonchev–Trinajstić information content (AvgIpc) is 3.39. The third-order valence-corrected chi connectivity index (χ3v) is 7.46. The van der Waals surface area contributed by atoms with Gasteiger partial charge < -0.3 is 25.2 Å². The van der Waals surface area contributed by atoms with Gasteiger partial charge in [0.05, 0.1) is 37.6 Å². The number of hydrogen-bond donors (Lipinski definition) is 2. The molecule has 3 heterocycles.